The zero-order chi connectivity index (χ0) is 14.8. The van der Waals surface area contributed by atoms with Crippen LogP contribution >= 0.6 is 15.9 Å². The predicted octanol–water partition coefficient (Wildman–Crippen LogP) is 4.72. The van der Waals surface area contributed by atoms with Crippen molar-refractivity contribution in [3.63, 3.8) is 0 Å². The Hall–Kier alpha value is -0.870. The van der Waals surface area contributed by atoms with Crippen molar-refractivity contribution in [3.8, 4) is 0 Å². The normalized spacial score (nSPS) is 10.6. The summed E-state index contributed by atoms with van der Waals surface area (Å²) < 4.78 is 11.2. The van der Waals surface area contributed by atoms with Gasteiger partial charge in [0.25, 0.3) is 0 Å². The van der Waals surface area contributed by atoms with Crippen LogP contribution in [-0.4, -0.2) is 19.7 Å². The van der Waals surface area contributed by atoms with Gasteiger partial charge in [-0.2, -0.15) is 0 Å². The molecular formula is C16H23BrO3. The maximum absolute atomic E-state index is 11.4. The van der Waals surface area contributed by atoms with Crippen molar-refractivity contribution in [1.29, 1.82) is 0 Å². The number of carbonyl (C=O) groups is 1. The second-order valence-corrected chi connectivity index (χ2v) is 5.62. The van der Waals surface area contributed by atoms with Gasteiger partial charge < -0.3 is 9.47 Å². The van der Waals surface area contributed by atoms with Crippen LogP contribution in [0, 0.1) is 0 Å². The summed E-state index contributed by atoms with van der Waals surface area (Å²) in [6.07, 6.45) is 6.20. The average Bonchev–Trinajstić information content (AvgIpc) is 2.46. The van der Waals surface area contributed by atoms with Gasteiger partial charge in [-0.15, -0.1) is 0 Å². The summed E-state index contributed by atoms with van der Waals surface area (Å²) in [5, 5.41) is 0. The van der Waals surface area contributed by atoms with Gasteiger partial charge in [0, 0.05) is 11.1 Å². The van der Waals surface area contributed by atoms with Gasteiger partial charge in [0.15, 0.2) is 0 Å². The van der Waals surface area contributed by atoms with E-state index >= 15 is 0 Å². The molecule has 0 bridgehead atoms. The number of rotatable bonds is 9. The molecular weight excluding hydrogens is 320 g/mol. The first kappa shape index (κ1) is 17.2. The van der Waals surface area contributed by atoms with Gasteiger partial charge in [-0.05, 0) is 24.1 Å². The van der Waals surface area contributed by atoms with Gasteiger partial charge in [-0.25, -0.2) is 4.79 Å². The van der Waals surface area contributed by atoms with Crippen LogP contribution in [0.15, 0.2) is 22.7 Å². The van der Waals surface area contributed by atoms with Crippen LogP contribution in [0.2, 0.25) is 0 Å². The molecule has 0 aliphatic carbocycles. The van der Waals surface area contributed by atoms with Crippen LogP contribution in [0.3, 0.4) is 0 Å². The van der Waals surface area contributed by atoms with Crippen molar-refractivity contribution < 1.29 is 14.3 Å². The van der Waals surface area contributed by atoms with Crippen molar-refractivity contribution in [3.05, 3.63) is 33.8 Å². The topological polar surface area (TPSA) is 35.5 Å². The van der Waals surface area contributed by atoms with E-state index in [-0.39, 0.29) is 5.97 Å². The molecule has 0 aliphatic rings. The summed E-state index contributed by atoms with van der Waals surface area (Å²) in [4.78, 5) is 11.4. The molecule has 4 heteroatoms. The van der Waals surface area contributed by atoms with Crippen LogP contribution in [-0.2, 0) is 16.1 Å². The lowest BCUT2D eigenvalue weighted by molar-refractivity contribution is 0.0600. The Balaban J connectivity index is 2.32. The minimum atomic E-state index is -0.325. The Bertz CT molecular complexity index is 418. The molecule has 1 aromatic carbocycles. The lowest BCUT2D eigenvalue weighted by atomic mass is 10.1. The second kappa shape index (κ2) is 9.94. The lowest BCUT2D eigenvalue weighted by Gasteiger charge is -2.08. The number of methoxy groups -OCH3 is 1. The van der Waals surface area contributed by atoms with E-state index in [1.165, 1.54) is 32.8 Å². The standard InChI is InChI=1S/C16H23BrO3/c1-3-4-5-6-7-10-20-12-14-9-8-13(11-15(14)17)16(18)19-2/h8-9,11H,3-7,10,12H2,1-2H3. The summed E-state index contributed by atoms with van der Waals surface area (Å²) in [7, 11) is 1.38. The first-order chi connectivity index (χ1) is 9.69. The maximum atomic E-state index is 11.4. The van der Waals surface area contributed by atoms with Gasteiger partial charge >= 0.3 is 5.97 Å². The first-order valence-electron chi connectivity index (χ1n) is 7.13. The minimum Gasteiger partial charge on any atom is -0.465 e. The zero-order valence-electron chi connectivity index (χ0n) is 12.3. The molecule has 0 amide bonds. The van der Waals surface area contributed by atoms with E-state index in [1.807, 2.05) is 6.07 Å². The van der Waals surface area contributed by atoms with E-state index < -0.39 is 0 Å². The summed E-state index contributed by atoms with van der Waals surface area (Å²) in [5.41, 5.74) is 1.59. The fraction of sp³-hybridized carbons (Fsp3) is 0.562. The Morgan fingerprint density at radius 2 is 1.95 bits per heavy atom. The molecule has 0 aromatic heterocycles. The van der Waals surface area contributed by atoms with Gasteiger partial charge in [-0.3, -0.25) is 0 Å². The molecule has 1 aromatic rings. The number of unbranched alkanes of at least 4 members (excludes halogenated alkanes) is 4. The lowest BCUT2D eigenvalue weighted by Crippen LogP contribution is -2.02. The number of hydrogen-bond acceptors (Lipinski definition) is 3. The molecule has 0 spiro atoms. The van der Waals surface area contributed by atoms with Crippen LogP contribution in [0.5, 0.6) is 0 Å². The summed E-state index contributed by atoms with van der Waals surface area (Å²) in [6, 6.07) is 5.43. The highest BCUT2D eigenvalue weighted by Crippen LogP contribution is 2.20. The van der Waals surface area contributed by atoms with Crippen molar-refractivity contribution >= 4 is 21.9 Å². The largest absolute Gasteiger partial charge is 0.465 e. The van der Waals surface area contributed by atoms with Crippen molar-refractivity contribution in [2.75, 3.05) is 13.7 Å². The van der Waals surface area contributed by atoms with Crippen LogP contribution in [0.25, 0.3) is 0 Å². The molecule has 0 atom stereocenters. The van der Waals surface area contributed by atoms with E-state index in [9.17, 15) is 4.79 Å². The minimum absolute atomic E-state index is 0.325. The average molecular weight is 343 g/mol. The summed E-state index contributed by atoms with van der Waals surface area (Å²) in [5.74, 6) is -0.325. The SMILES string of the molecule is CCCCCCCOCc1ccc(C(=O)OC)cc1Br. The number of carbonyl (C=O) groups excluding carboxylic acids is 1. The molecule has 0 unspecified atom stereocenters. The van der Waals surface area contributed by atoms with Gasteiger partial charge in [0.1, 0.15) is 0 Å². The third kappa shape index (κ3) is 6.06. The van der Waals surface area contributed by atoms with Crippen molar-refractivity contribution in [2.24, 2.45) is 0 Å². The predicted molar refractivity (Wildman–Crippen MR) is 83.9 cm³/mol. The zero-order valence-corrected chi connectivity index (χ0v) is 13.9. The fourth-order valence-electron chi connectivity index (χ4n) is 1.90. The van der Waals surface area contributed by atoms with E-state index in [0.717, 1.165) is 23.1 Å². The molecule has 1 rings (SSSR count). The van der Waals surface area contributed by atoms with Crippen LogP contribution in [0.1, 0.15) is 54.9 Å². The smallest absolute Gasteiger partial charge is 0.337 e. The van der Waals surface area contributed by atoms with E-state index in [1.54, 1.807) is 12.1 Å². The van der Waals surface area contributed by atoms with E-state index in [4.69, 9.17) is 4.74 Å². The molecule has 0 saturated carbocycles. The highest BCUT2D eigenvalue weighted by atomic mass is 79.9. The molecule has 0 N–H and O–H groups in total. The summed E-state index contributed by atoms with van der Waals surface area (Å²) >= 11 is 3.46. The fourth-order valence-corrected chi connectivity index (χ4v) is 2.39. The number of halogens is 1. The van der Waals surface area contributed by atoms with Crippen LogP contribution in [0.4, 0.5) is 0 Å². The molecule has 0 radical (unpaired) electrons. The number of esters is 1. The molecule has 0 aliphatic heterocycles. The first-order valence-corrected chi connectivity index (χ1v) is 7.92. The highest BCUT2D eigenvalue weighted by molar-refractivity contribution is 9.10. The Labute approximate surface area is 129 Å². The maximum Gasteiger partial charge on any atom is 0.337 e. The Morgan fingerprint density at radius 3 is 2.60 bits per heavy atom. The third-order valence-corrected chi connectivity index (χ3v) is 3.86. The molecule has 20 heavy (non-hydrogen) atoms. The van der Waals surface area contributed by atoms with Gasteiger partial charge in [0.05, 0.1) is 19.3 Å². The molecule has 0 heterocycles. The molecule has 0 fully saturated rings. The van der Waals surface area contributed by atoms with Crippen molar-refractivity contribution in [2.45, 2.75) is 45.6 Å². The highest BCUT2D eigenvalue weighted by Gasteiger charge is 2.08. The van der Waals surface area contributed by atoms with E-state index in [0.29, 0.717) is 12.2 Å². The number of ether oxygens (including phenoxy) is 2. The third-order valence-electron chi connectivity index (χ3n) is 3.12. The number of benzene rings is 1. The van der Waals surface area contributed by atoms with Crippen LogP contribution < -0.4 is 0 Å². The molecule has 112 valence electrons. The van der Waals surface area contributed by atoms with Gasteiger partial charge in [-0.1, -0.05) is 54.6 Å². The monoisotopic (exact) mass is 342 g/mol. The van der Waals surface area contributed by atoms with E-state index in [2.05, 4.69) is 27.6 Å². The number of hydrogen-bond donors (Lipinski definition) is 0. The Morgan fingerprint density at radius 1 is 1.20 bits per heavy atom. The van der Waals surface area contributed by atoms with Crippen molar-refractivity contribution in [1.82, 2.24) is 0 Å². The molecule has 0 saturated heterocycles. The quantitative estimate of drug-likeness (QED) is 0.481. The Kier molecular flexibility index (Phi) is 8.54. The second-order valence-electron chi connectivity index (χ2n) is 4.76. The van der Waals surface area contributed by atoms with Gasteiger partial charge in [0.2, 0.25) is 0 Å². The molecule has 3 nitrogen and oxygen atoms in total. The summed E-state index contributed by atoms with van der Waals surface area (Å²) in [6.45, 7) is 3.57.